The number of carbonyl (C=O) groups excluding carboxylic acids is 1. The van der Waals surface area contributed by atoms with Crippen LogP contribution in [-0.2, 0) is 9.59 Å². The molecule has 0 bridgehead atoms. The Morgan fingerprint density at radius 3 is 2.78 bits per heavy atom. The van der Waals surface area contributed by atoms with Crippen LogP contribution in [0.2, 0.25) is 0 Å². The third-order valence-corrected chi connectivity index (χ3v) is 3.42. The highest BCUT2D eigenvalue weighted by molar-refractivity contribution is 6.01. The molecule has 1 aliphatic carbocycles. The van der Waals surface area contributed by atoms with Crippen molar-refractivity contribution in [3.05, 3.63) is 24.3 Å². The van der Waals surface area contributed by atoms with Crippen molar-refractivity contribution in [2.75, 3.05) is 18.1 Å². The van der Waals surface area contributed by atoms with Crippen LogP contribution in [0.4, 0.5) is 5.69 Å². The largest absolute Gasteiger partial charge is 0.490 e. The molecule has 1 saturated carbocycles. The Balaban J connectivity index is 1.82. The first-order chi connectivity index (χ1) is 8.68. The molecule has 1 aromatic carbocycles. The smallest absolute Gasteiger partial charge is 0.307 e. The van der Waals surface area contributed by atoms with Crippen molar-refractivity contribution in [2.24, 2.45) is 11.8 Å². The monoisotopic (exact) mass is 247 g/mol. The van der Waals surface area contributed by atoms with E-state index in [4.69, 9.17) is 9.84 Å². The number of ether oxygens (including phenoxy) is 1. The summed E-state index contributed by atoms with van der Waals surface area (Å²) in [4.78, 5) is 24.7. The number of hydrogen-bond acceptors (Lipinski definition) is 3. The predicted molar refractivity (Wildman–Crippen MR) is 63.5 cm³/mol. The van der Waals surface area contributed by atoms with Crippen LogP contribution in [0.15, 0.2) is 24.3 Å². The molecule has 2 unspecified atom stereocenters. The first-order valence-electron chi connectivity index (χ1n) is 5.94. The van der Waals surface area contributed by atoms with E-state index in [2.05, 4.69) is 0 Å². The minimum atomic E-state index is -0.880. The van der Waals surface area contributed by atoms with Crippen molar-refractivity contribution in [2.45, 2.75) is 6.42 Å². The van der Waals surface area contributed by atoms with Gasteiger partial charge in [-0.15, -0.1) is 0 Å². The summed E-state index contributed by atoms with van der Waals surface area (Å²) < 4.78 is 5.47. The van der Waals surface area contributed by atoms with Crippen LogP contribution in [0, 0.1) is 11.8 Å². The summed E-state index contributed by atoms with van der Waals surface area (Å²) in [6.45, 7) is 0.936. The number of carbonyl (C=O) groups is 2. The Morgan fingerprint density at radius 1 is 1.28 bits per heavy atom. The van der Waals surface area contributed by atoms with Crippen molar-refractivity contribution in [3.8, 4) is 5.75 Å². The molecule has 1 amide bonds. The Kier molecular flexibility index (Phi) is 2.47. The predicted octanol–water partition coefficient (Wildman–Crippen LogP) is 1.13. The van der Waals surface area contributed by atoms with E-state index in [-0.39, 0.29) is 11.8 Å². The Labute approximate surface area is 104 Å². The van der Waals surface area contributed by atoms with E-state index in [1.807, 2.05) is 24.3 Å². The summed E-state index contributed by atoms with van der Waals surface area (Å²) in [5.41, 5.74) is 0.741. The molecule has 18 heavy (non-hydrogen) atoms. The third kappa shape index (κ3) is 1.72. The van der Waals surface area contributed by atoms with Gasteiger partial charge in [-0.05, 0) is 18.6 Å². The van der Waals surface area contributed by atoms with Gasteiger partial charge in [-0.3, -0.25) is 9.59 Å². The van der Waals surface area contributed by atoms with E-state index in [1.165, 1.54) is 0 Å². The molecule has 5 nitrogen and oxygen atoms in total. The van der Waals surface area contributed by atoms with Crippen molar-refractivity contribution in [1.82, 2.24) is 0 Å². The number of hydrogen-bond donors (Lipinski definition) is 1. The van der Waals surface area contributed by atoms with Crippen molar-refractivity contribution in [1.29, 1.82) is 0 Å². The molecule has 0 saturated heterocycles. The molecule has 5 heteroatoms. The molecule has 1 aliphatic heterocycles. The average Bonchev–Trinajstić information content (AvgIpc) is 3.17. The van der Waals surface area contributed by atoms with Crippen LogP contribution in [0.3, 0.4) is 0 Å². The van der Waals surface area contributed by atoms with Gasteiger partial charge in [0.05, 0.1) is 24.1 Å². The second kappa shape index (κ2) is 4.01. The zero-order valence-electron chi connectivity index (χ0n) is 9.70. The van der Waals surface area contributed by atoms with Crippen LogP contribution in [0.5, 0.6) is 5.75 Å². The molecule has 1 N–H and O–H groups in total. The number of nitrogens with zero attached hydrogens (tertiary/aromatic N) is 1. The summed E-state index contributed by atoms with van der Waals surface area (Å²) in [5.74, 6) is -1.17. The molecule has 1 fully saturated rings. The summed E-state index contributed by atoms with van der Waals surface area (Å²) in [5, 5.41) is 8.87. The molecule has 0 spiro atoms. The molecule has 0 aromatic heterocycles. The molecule has 94 valence electrons. The van der Waals surface area contributed by atoms with Gasteiger partial charge in [0.25, 0.3) is 0 Å². The minimum absolute atomic E-state index is 0.0989. The molecular formula is C13H13NO4. The molecule has 1 heterocycles. The fraction of sp³-hybridized carbons (Fsp3) is 0.385. The van der Waals surface area contributed by atoms with Crippen LogP contribution >= 0.6 is 0 Å². The van der Waals surface area contributed by atoms with E-state index < -0.39 is 11.9 Å². The normalized spacial score (nSPS) is 25.0. The second-order valence-electron chi connectivity index (χ2n) is 4.59. The van der Waals surface area contributed by atoms with Gasteiger partial charge in [0.2, 0.25) is 5.91 Å². The number of amides is 1. The third-order valence-electron chi connectivity index (χ3n) is 3.42. The Hall–Kier alpha value is -2.04. The number of carboxylic acid groups (broad SMARTS) is 1. The number of rotatable bonds is 2. The summed E-state index contributed by atoms with van der Waals surface area (Å²) in [6, 6.07) is 7.33. The molecule has 1 aromatic rings. The molecule has 3 rings (SSSR count). The fourth-order valence-corrected chi connectivity index (χ4v) is 2.34. The first-order valence-corrected chi connectivity index (χ1v) is 5.94. The van der Waals surface area contributed by atoms with Gasteiger partial charge < -0.3 is 14.7 Å². The SMILES string of the molecule is O=C(O)C1CC1C(=O)N1CCOc2ccccc21. The van der Waals surface area contributed by atoms with Crippen LogP contribution < -0.4 is 9.64 Å². The van der Waals surface area contributed by atoms with E-state index in [9.17, 15) is 9.59 Å². The Bertz CT molecular complexity index is 513. The van der Waals surface area contributed by atoms with Gasteiger partial charge in [0.15, 0.2) is 0 Å². The van der Waals surface area contributed by atoms with Crippen molar-refractivity contribution in [3.63, 3.8) is 0 Å². The topological polar surface area (TPSA) is 66.8 Å². The number of aliphatic carboxylic acids is 1. The Morgan fingerprint density at radius 2 is 2.06 bits per heavy atom. The van der Waals surface area contributed by atoms with Crippen molar-refractivity contribution >= 4 is 17.6 Å². The summed E-state index contributed by atoms with van der Waals surface area (Å²) in [6.07, 6.45) is 0.452. The summed E-state index contributed by atoms with van der Waals surface area (Å²) >= 11 is 0. The molecule has 2 aliphatic rings. The lowest BCUT2D eigenvalue weighted by atomic mass is 10.2. The highest BCUT2D eigenvalue weighted by atomic mass is 16.5. The van der Waals surface area contributed by atoms with Gasteiger partial charge >= 0.3 is 5.97 Å². The van der Waals surface area contributed by atoms with Gasteiger partial charge in [-0.25, -0.2) is 0 Å². The zero-order valence-corrected chi connectivity index (χ0v) is 9.70. The van der Waals surface area contributed by atoms with Gasteiger partial charge in [0.1, 0.15) is 12.4 Å². The number of para-hydroxylation sites is 2. The van der Waals surface area contributed by atoms with E-state index in [0.717, 1.165) is 5.69 Å². The lowest BCUT2D eigenvalue weighted by molar-refractivity contribution is -0.140. The van der Waals surface area contributed by atoms with Gasteiger partial charge in [0, 0.05) is 0 Å². The lowest BCUT2D eigenvalue weighted by Gasteiger charge is -2.29. The second-order valence-corrected chi connectivity index (χ2v) is 4.59. The minimum Gasteiger partial charge on any atom is -0.490 e. The zero-order chi connectivity index (χ0) is 12.7. The van der Waals surface area contributed by atoms with Crippen molar-refractivity contribution < 1.29 is 19.4 Å². The van der Waals surface area contributed by atoms with Crippen LogP contribution in [-0.4, -0.2) is 30.1 Å². The van der Waals surface area contributed by atoms with Gasteiger partial charge in [-0.1, -0.05) is 12.1 Å². The lowest BCUT2D eigenvalue weighted by Crippen LogP contribution is -2.39. The van der Waals surface area contributed by atoms with E-state index >= 15 is 0 Å². The maximum absolute atomic E-state index is 12.2. The maximum Gasteiger partial charge on any atom is 0.307 e. The quantitative estimate of drug-likeness (QED) is 0.850. The van der Waals surface area contributed by atoms with E-state index in [0.29, 0.717) is 25.3 Å². The highest BCUT2D eigenvalue weighted by Crippen LogP contribution is 2.42. The van der Waals surface area contributed by atoms with E-state index in [1.54, 1.807) is 4.90 Å². The molecule has 2 atom stereocenters. The molecular weight excluding hydrogens is 234 g/mol. The van der Waals surface area contributed by atoms with Gasteiger partial charge in [-0.2, -0.15) is 0 Å². The molecule has 0 radical (unpaired) electrons. The maximum atomic E-state index is 12.2. The number of fused-ring (bicyclic) bond motifs is 1. The standard InChI is InChI=1S/C13H13NO4/c15-12(8-7-9(8)13(16)17)14-5-6-18-11-4-2-1-3-10(11)14/h1-4,8-9H,5-7H2,(H,16,17). The number of carboxylic acids is 1. The number of benzene rings is 1. The highest BCUT2D eigenvalue weighted by Gasteiger charge is 2.50. The fourth-order valence-electron chi connectivity index (χ4n) is 2.34. The first kappa shape index (κ1) is 11.1. The van der Waals surface area contributed by atoms with Crippen LogP contribution in [0.25, 0.3) is 0 Å². The number of anilines is 1. The summed E-state index contributed by atoms with van der Waals surface area (Å²) in [7, 11) is 0. The average molecular weight is 247 g/mol. The van der Waals surface area contributed by atoms with Crippen LogP contribution in [0.1, 0.15) is 6.42 Å².